The summed E-state index contributed by atoms with van der Waals surface area (Å²) in [6, 6.07) is 19.7. The van der Waals surface area contributed by atoms with Crippen LogP contribution in [0.3, 0.4) is 0 Å². The quantitative estimate of drug-likeness (QED) is 0.889. The fraction of sp³-hybridized carbons (Fsp3) is 0.333. The van der Waals surface area contributed by atoms with Crippen molar-refractivity contribution in [3.8, 4) is 0 Å². The van der Waals surface area contributed by atoms with Crippen molar-refractivity contribution in [3.63, 3.8) is 0 Å². The molecule has 0 amide bonds. The first kappa shape index (κ1) is 13.7. The third-order valence-electron chi connectivity index (χ3n) is 4.10. The highest BCUT2D eigenvalue weighted by molar-refractivity contribution is 7.99. The van der Waals surface area contributed by atoms with E-state index in [1.807, 2.05) is 11.8 Å². The molecule has 0 bridgehead atoms. The van der Waals surface area contributed by atoms with E-state index >= 15 is 0 Å². The van der Waals surface area contributed by atoms with E-state index in [1.165, 1.54) is 22.4 Å². The molecule has 0 saturated carbocycles. The smallest absolute Gasteiger partial charge is 0.0116 e. The van der Waals surface area contributed by atoms with Crippen molar-refractivity contribution in [2.45, 2.75) is 36.1 Å². The zero-order valence-corrected chi connectivity index (χ0v) is 12.5. The van der Waals surface area contributed by atoms with E-state index in [1.54, 1.807) is 0 Å². The fourth-order valence-corrected chi connectivity index (χ4v) is 4.28. The van der Waals surface area contributed by atoms with Crippen LogP contribution in [0.15, 0.2) is 59.5 Å². The van der Waals surface area contributed by atoms with Crippen LogP contribution in [0.2, 0.25) is 0 Å². The van der Waals surface area contributed by atoms with Crippen molar-refractivity contribution in [3.05, 3.63) is 65.7 Å². The van der Waals surface area contributed by atoms with Crippen LogP contribution in [-0.2, 0) is 6.42 Å². The Bertz CT molecular complexity index is 552. The molecule has 2 heteroatoms. The van der Waals surface area contributed by atoms with Crippen LogP contribution < -0.4 is 5.73 Å². The lowest BCUT2D eigenvalue weighted by Gasteiger charge is -2.19. The number of benzene rings is 2. The van der Waals surface area contributed by atoms with Gasteiger partial charge in [0.15, 0.2) is 0 Å². The summed E-state index contributed by atoms with van der Waals surface area (Å²) in [4.78, 5) is 1.43. The standard InChI is InChI=1S/C18H21NS/c19-17(11-6-9-14-7-2-1-3-8-14)16-13-20-18-12-5-4-10-15(16)18/h1-5,7-8,10,12,16-17H,6,9,11,13,19H2. The number of rotatable bonds is 5. The minimum absolute atomic E-state index is 0.287. The number of nitrogens with two attached hydrogens (primary N) is 1. The average molecular weight is 283 g/mol. The SMILES string of the molecule is NC(CCCc1ccccc1)C1CSc2ccccc21. The van der Waals surface area contributed by atoms with Gasteiger partial charge in [-0.25, -0.2) is 0 Å². The lowest BCUT2D eigenvalue weighted by atomic mass is 9.90. The average Bonchev–Trinajstić information content (AvgIpc) is 2.92. The molecule has 2 atom stereocenters. The molecular formula is C18H21NS. The molecule has 0 saturated heterocycles. The van der Waals surface area contributed by atoms with Crippen LogP contribution in [-0.4, -0.2) is 11.8 Å². The molecule has 2 aromatic carbocycles. The molecule has 2 N–H and O–H groups in total. The van der Waals surface area contributed by atoms with E-state index < -0.39 is 0 Å². The van der Waals surface area contributed by atoms with Crippen molar-refractivity contribution in [2.24, 2.45) is 5.73 Å². The molecule has 0 fully saturated rings. The highest BCUT2D eigenvalue weighted by Crippen LogP contribution is 2.41. The number of aryl methyl sites for hydroxylation is 1. The Balaban J connectivity index is 1.54. The lowest BCUT2D eigenvalue weighted by molar-refractivity contribution is 0.516. The van der Waals surface area contributed by atoms with Crippen LogP contribution >= 0.6 is 11.8 Å². The summed E-state index contributed by atoms with van der Waals surface area (Å²) in [5.41, 5.74) is 9.32. The molecule has 0 radical (unpaired) electrons. The van der Waals surface area contributed by atoms with Crippen LogP contribution in [0.4, 0.5) is 0 Å². The summed E-state index contributed by atoms with van der Waals surface area (Å²) < 4.78 is 0. The summed E-state index contributed by atoms with van der Waals surface area (Å²) in [6.07, 6.45) is 3.42. The van der Waals surface area contributed by atoms with Gasteiger partial charge in [0.2, 0.25) is 0 Å². The molecule has 1 nitrogen and oxygen atoms in total. The van der Waals surface area contributed by atoms with Gasteiger partial charge in [-0.15, -0.1) is 11.8 Å². The zero-order chi connectivity index (χ0) is 13.8. The van der Waals surface area contributed by atoms with Gasteiger partial charge in [0.1, 0.15) is 0 Å². The number of thioether (sulfide) groups is 1. The van der Waals surface area contributed by atoms with E-state index in [0.29, 0.717) is 5.92 Å². The Morgan fingerprint density at radius 2 is 1.80 bits per heavy atom. The molecule has 1 aliphatic heterocycles. The van der Waals surface area contributed by atoms with Crippen molar-refractivity contribution in [1.29, 1.82) is 0 Å². The molecule has 1 aliphatic rings. The third-order valence-corrected chi connectivity index (χ3v) is 5.31. The van der Waals surface area contributed by atoms with Gasteiger partial charge in [0.25, 0.3) is 0 Å². The van der Waals surface area contributed by atoms with Crippen molar-refractivity contribution in [1.82, 2.24) is 0 Å². The Kier molecular flexibility index (Phi) is 4.44. The van der Waals surface area contributed by atoms with E-state index in [2.05, 4.69) is 54.6 Å². The molecule has 0 aromatic heterocycles. The largest absolute Gasteiger partial charge is 0.327 e. The van der Waals surface area contributed by atoms with Gasteiger partial charge in [-0.1, -0.05) is 48.5 Å². The maximum Gasteiger partial charge on any atom is 0.0116 e. The number of hydrogen-bond donors (Lipinski definition) is 1. The summed E-state index contributed by atoms with van der Waals surface area (Å²) in [5.74, 6) is 1.68. The van der Waals surface area contributed by atoms with Gasteiger partial charge in [0.05, 0.1) is 0 Å². The fourth-order valence-electron chi connectivity index (χ4n) is 2.93. The maximum absolute atomic E-state index is 6.44. The second-order valence-electron chi connectivity index (χ2n) is 5.50. The summed E-state index contributed by atoms with van der Waals surface area (Å²) in [7, 11) is 0. The van der Waals surface area contributed by atoms with Gasteiger partial charge < -0.3 is 5.73 Å². The minimum Gasteiger partial charge on any atom is -0.327 e. The minimum atomic E-state index is 0.287. The molecule has 1 heterocycles. The van der Waals surface area contributed by atoms with E-state index in [9.17, 15) is 0 Å². The van der Waals surface area contributed by atoms with Crippen LogP contribution in [0.1, 0.15) is 29.9 Å². The second-order valence-corrected chi connectivity index (χ2v) is 6.56. The van der Waals surface area contributed by atoms with Crippen LogP contribution in [0, 0.1) is 0 Å². The molecule has 2 aromatic rings. The van der Waals surface area contributed by atoms with Crippen molar-refractivity contribution < 1.29 is 0 Å². The third kappa shape index (κ3) is 3.08. The van der Waals surface area contributed by atoms with E-state index in [0.717, 1.165) is 18.6 Å². The lowest BCUT2D eigenvalue weighted by Crippen LogP contribution is -2.28. The van der Waals surface area contributed by atoms with Crippen molar-refractivity contribution >= 4 is 11.8 Å². The Hall–Kier alpha value is -1.25. The first-order valence-electron chi connectivity index (χ1n) is 7.36. The number of hydrogen-bond acceptors (Lipinski definition) is 2. The summed E-state index contributed by atoms with van der Waals surface area (Å²) >= 11 is 1.95. The van der Waals surface area contributed by atoms with Gasteiger partial charge in [-0.3, -0.25) is 0 Å². The molecular weight excluding hydrogens is 262 g/mol. The van der Waals surface area contributed by atoms with Crippen LogP contribution in [0.5, 0.6) is 0 Å². The molecule has 0 spiro atoms. The molecule has 3 rings (SSSR count). The maximum atomic E-state index is 6.44. The first-order chi connectivity index (χ1) is 9.84. The molecule has 0 aliphatic carbocycles. The Morgan fingerprint density at radius 3 is 2.65 bits per heavy atom. The van der Waals surface area contributed by atoms with Gasteiger partial charge in [-0.05, 0) is 36.5 Å². The Morgan fingerprint density at radius 1 is 1.05 bits per heavy atom. The van der Waals surface area contributed by atoms with Gasteiger partial charge in [0, 0.05) is 22.6 Å². The highest BCUT2D eigenvalue weighted by Gasteiger charge is 2.27. The molecule has 2 unspecified atom stereocenters. The van der Waals surface area contributed by atoms with Gasteiger partial charge >= 0.3 is 0 Å². The van der Waals surface area contributed by atoms with Crippen LogP contribution in [0.25, 0.3) is 0 Å². The Labute approximate surface area is 125 Å². The number of fused-ring (bicyclic) bond motifs is 1. The van der Waals surface area contributed by atoms with E-state index in [4.69, 9.17) is 5.73 Å². The van der Waals surface area contributed by atoms with Gasteiger partial charge in [-0.2, -0.15) is 0 Å². The normalized spacial score (nSPS) is 18.8. The second kappa shape index (κ2) is 6.47. The molecule has 104 valence electrons. The monoisotopic (exact) mass is 283 g/mol. The molecule has 20 heavy (non-hydrogen) atoms. The topological polar surface area (TPSA) is 26.0 Å². The van der Waals surface area contributed by atoms with Crippen molar-refractivity contribution in [2.75, 3.05) is 5.75 Å². The first-order valence-corrected chi connectivity index (χ1v) is 8.34. The predicted molar refractivity (Wildman–Crippen MR) is 87.3 cm³/mol. The summed E-state index contributed by atoms with van der Waals surface area (Å²) in [6.45, 7) is 0. The highest BCUT2D eigenvalue weighted by atomic mass is 32.2. The van der Waals surface area contributed by atoms with E-state index in [-0.39, 0.29) is 6.04 Å². The zero-order valence-electron chi connectivity index (χ0n) is 11.7. The summed E-state index contributed by atoms with van der Waals surface area (Å²) in [5, 5.41) is 0. The predicted octanol–water partition coefficient (Wildman–Crippen LogP) is 4.23.